The highest BCUT2D eigenvalue weighted by Crippen LogP contribution is 2.29. The lowest BCUT2D eigenvalue weighted by Gasteiger charge is -2.14. The number of hydrogen-bond donors (Lipinski definition) is 2. The summed E-state index contributed by atoms with van der Waals surface area (Å²) in [4.78, 5) is 11.5. The Kier molecular flexibility index (Phi) is 8.29. The summed E-state index contributed by atoms with van der Waals surface area (Å²) >= 11 is 0. The monoisotopic (exact) mass is 365 g/mol. The van der Waals surface area contributed by atoms with Crippen molar-refractivity contribution in [3.63, 3.8) is 0 Å². The highest BCUT2D eigenvalue weighted by molar-refractivity contribution is 5.95. The predicted molar refractivity (Wildman–Crippen MR) is 110 cm³/mol. The van der Waals surface area contributed by atoms with Crippen molar-refractivity contribution in [2.75, 3.05) is 0 Å². The highest BCUT2D eigenvalue weighted by atomic mass is 16.4. The summed E-state index contributed by atoms with van der Waals surface area (Å²) in [5, 5.41) is 29.0. The number of aliphatic hydroxyl groups is 1. The van der Waals surface area contributed by atoms with E-state index >= 15 is 0 Å². The fourth-order valence-corrected chi connectivity index (χ4v) is 2.83. The number of hydrogen-bond acceptors (Lipinski definition) is 3. The number of nitriles is 1. The quantitative estimate of drug-likeness (QED) is 0.346. The average molecular weight is 365 g/mol. The van der Waals surface area contributed by atoms with Crippen molar-refractivity contribution in [2.45, 2.75) is 47.0 Å². The molecule has 4 nitrogen and oxygen atoms in total. The Morgan fingerprint density at radius 2 is 1.96 bits per heavy atom. The first kappa shape index (κ1) is 22.0. The number of carboxylic acid groups (broad SMARTS) is 1. The van der Waals surface area contributed by atoms with Crippen LogP contribution in [0.3, 0.4) is 0 Å². The minimum absolute atomic E-state index is 0.192. The van der Waals surface area contributed by atoms with Crippen LogP contribution in [-0.4, -0.2) is 16.2 Å². The van der Waals surface area contributed by atoms with Crippen LogP contribution in [0.1, 0.15) is 62.8 Å². The fourth-order valence-electron chi connectivity index (χ4n) is 2.83. The van der Waals surface area contributed by atoms with Crippen LogP contribution in [0.4, 0.5) is 0 Å². The van der Waals surface area contributed by atoms with Gasteiger partial charge in [-0.05, 0) is 80.2 Å². The van der Waals surface area contributed by atoms with Gasteiger partial charge in [0.25, 0.3) is 0 Å². The van der Waals surface area contributed by atoms with Gasteiger partial charge >= 0.3 is 5.97 Å². The van der Waals surface area contributed by atoms with E-state index < -0.39 is 5.97 Å². The SMILES string of the molecule is C=Cc1cc(C(/C=C(C(=O)O)\C(O)=C/C)=C(C)C)cc(C#N)c1CCCC. The van der Waals surface area contributed by atoms with Gasteiger partial charge in [-0.15, -0.1) is 0 Å². The number of benzene rings is 1. The second-order valence-corrected chi connectivity index (χ2v) is 6.46. The van der Waals surface area contributed by atoms with Crippen LogP contribution < -0.4 is 0 Å². The molecule has 0 aromatic heterocycles. The van der Waals surface area contributed by atoms with Crippen LogP contribution in [0.5, 0.6) is 0 Å². The fraction of sp³-hybridized carbons (Fsp3) is 0.304. The molecule has 2 N–H and O–H groups in total. The molecule has 0 spiro atoms. The van der Waals surface area contributed by atoms with E-state index in [4.69, 9.17) is 0 Å². The molecule has 1 aromatic rings. The minimum atomic E-state index is -1.21. The summed E-state index contributed by atoms with van der Waals surface area (Å²) in [6.07, 6.45) is 7.30. The van der Waals surface area contributed by atoms with Gasteiger partial charge in [0.2, 0.25) is 0 Å². The second kappa shape index (κ2) is 10.2. The summed E-state index contributed by atoms with van der Waals surface area (Å²) in [5.41, 5.74) is 4.46. The van der Waals surface area contributed by atoms with Crippen LogP contribution in [-0.2, 0) is 11.2 Å². The Labute approximate surface area is 161 Å². The molecule has 0 atom stereocenters. The number of carboxylic acids is 1. The standard InChI is InChI=1S/C23H27NO3/c1-6-9-10-19-16(7-2)11-17(12-18(19)14-24)20(15(4)5)13-21(23(26)27)22(25)8-3/h7-8,11-13,25H,2,6,9-10H2,1,3-5H3,(H,26,27)/b21-13+,22-8+. The lowest BCUT2D eigenvalue weighted by Crippen LogP contribution is -2.05. The van der Waals surface area contributed by atoms with Gasteiger partial charge in [0.05, 0.1) is 11.6 Å². The van der Waals surface area contributed by atoms with E-state index in [9.17, 15) is 20.3 Å². The van der Waals surface area contributed by atoms with Gasteiger partial charge in [-0.2, -0.15) is 5.26 Å². The summed E-state index contributed by atoms with van der Waals surface area (Å²) < 4.78 is 0. The number of rotatable bonds is 8. The molecule has 1 aromatic carbocycles. The van der Waals surface area contributed by atoms with E-state index in [0.717, 1.165) is 41.5 Å². The van der Waals surface area contributed by atoms with E-state index in [1.807, 2.05) is 19.9 Å². The van der Waals surface area contributed by atoms with Crippen molar-refractivity contribution in [3.05, 3.63) is 70.0 Å². The first-order valence-corrected chi connectivity index (χ1v) is 8.98. The number of allylic oxidation sites excluding steroid dienone is 4. The second-order valence-electron chi connectivity index (χ2n) is 6.46. The molecule has 0 saturated heterocycles. The van der Waals surface area contributed by atoms with Crippen molar-refractivity contribution in [1.29, 1.82) is 5.26 Å². The Bertz CT molecular complexity index is 860. The van der Waals surface area contributed by atoms with Gasteiger partial charge in [0.1, 0.15) is 11.3 Å². The van der Waals surface area contributed by atoms with E-state index in [-0.39, 0.29) is 11.3 Å². The largest absolute Gasteiger partial charge is 0.507 e. The molecule has 0 radical (unpaired) electrons. The number of aliphatic carboxylic acids is 1. The third-order valence-corrected chi connectivity index (χ3v) is 4.32. The molecular weight excluding hydrogens is 338 g/mol. The predicted octanol–water partition coefficient (Wildman–Crippen LogP) is 5.81. The Morgan fingerprint density at radius 1 is 1.30 bits per heavy atom. The Morgan fingerprint density at radius 3 is 2.41 bits per heavy atom. The van der Waals surface area contributed by atoms with E-state index in [1.54, 1.807) is 19.1 Å². The minimum Gasteiger partial charge on any atom is -0.507 e. The topological polar surface area (TPSA) is 81.3 Å². The summed E-state index contributed by atoms with van der Waals surface area (Å²) in [7, 11) is 0. The Balaban J connectivity index is 3.69. The summed E-state index contributed by atoms with van der Waals surface area (Å²) in [5.74, 6) is -1.52. The Hall–Kier alpha value is -3.06. The third-order valence-electron chi connectivity index (χ3n) is 4.32. The van der Waals surface area contributed by atoms with Crippen molar-refractivity contribution < 1.29 is 15.0 Å². The maximum atomic E-state index is 11.5. The molecule has 142 valence electrons. The average Bonchev–Trinajstić information content (AvgIpc) is 2.65. The van der Waals surface area contributed by atoms with Crippen LogP contribution in [0, 0.1) is 11.3 Å². The highest BCUT2D eigenvalue weighted by Gasteiger charge is 2.16. The number of aliphatic hydroxyl groups excluding tert-OH is 1. The molecule has 0 unspecified atom stereocenters. The van der Waals surface area contributed by atoms with Crippen molar-refractivity contribution >= 4 is 17.6 Å². The molecule has 0 amide bonds. The van der Waals surface area contributed by atoms with Gasteiger partial charge in [0, 0.05) is 0 Å². The molecule has 0 fully saturated rings. The molecule has 0 bridgehead atoms. The molecule has 4 heteroatoms. The maximum absolute atomic E-state index is 11.5. The zero-order chi connectivity index (χ0) is 20.6. The lowest BCUT2D eigenvalue weighted by atomic mass is 9.89. The summed E-state index contributed by atoms with van der Waals surface area (Å²) in [6.45, 7) is 11.3. The normalized spacial score (nSPS) is 11.7. The molecule has 27 heavy (non-hydrogen) atoms. The number of nitrogens with zero attached hydrogens (tertiary/aromatic N) is 1. The van der Waals surface area contributed by atoms with E-state index in [1.165, 1.54) is 12.2 Å². The van der Waals surface area contributed by atoms with Crippen molar-refractivity contribution in [1.82, 2.24) is 0 Å². The zero-order valence-corrected chi connectivity index (χ0v) is 16.5. The van der Waals surface area contributed by atoms with Gasteiger partial charge in [0.15, 0.2) is 0 Å². The molecular formula is C23H27NO3. The molecule has 0 aliphatic heterocycles. The summed E-state index contributed by atoms with van der Waals surface area (Å²) in [6, 6.07) is 5.96. The van der Waals surface area contributed by atoms with Crippen molar-refractivity contribution in [2.24, 2.45) is 0 Å². The maximum Gasteiger partial charge on any atom is 0.339 e. The van der Waals surface area contributed by atoms with Crippen LogP contribution in [0.25, 0.3) is 11.6 Å². The third kappa shape index (κ3) is 5.46. The smallest absolute Gasteiger partial charge is 0.339 e. The van der Waals surface area contributed by atoms with Gasteiger partial charge in [-0.25, -0.2) is 4.79 Å². The first-order valence-electron chi connectivity index (χ1n) is 8.98. The number of unbranched alkanes of at least 4 members (excludes halogenated alkanes) is 1. The molecule has 0 aliphatic rings. The molecule has 0 aliphatic carbocycles. The van der Waals surface area contributed by atoms with Gasteiger partial charge in [-0.3, -0.25) is 0 Å². The van der Waals surface area contributed by atoms with Gasteiger partial charge < -0.3 is 10.2 Å². The van der Waals surface area contributed by atoms with Crippen LogP contribution >= 0.6 is 0 Å². The van der Waals surface area contributed by atoms with E-state index in [2.05, 4.69) is 19.6 Å². The first-order chi connectivity index (χ1) is 12.8. The molecule has 0 heterocycles. The molecule has 0 saturated carbocycles. The van der Waals surface area contributed by atoms with Gasteiger partial charge in [-0.1, -0.05) is 31.6 Å². The van der Waals surface area contributed by atoms with E-state index in [0.29, 0.717) is 11.1 Å². The van der Waals surface area contributed by atoms with Crippen molar-refractivity contribution in [3.8, 4) is 6.07 Å². The zero-order valence-electron chi connectivity index (χ0n) is 16.5. The lowest BCUT2D eigenvalue weighted by molar-refractivity contribution is -0.132. The number of carbonyl (C=O) groups is 1. The van der Waals surface area contributed by atoms with Crippen LogP contribution in [0.15, 0.2) is 47.8 Å². The molecule has 1 rings (SSSR count). The van der Waals surface area contributed by atoms with Crippen LogP contribution in [0.2, 0.25) is 0 Å².